The lowest BCUT2D eigenvalue weighted by Crippen LogP contribution is -2.13. The van der Waals surface area contributed by atoms with Gasteiger partial charge in [-0.15, -0.1) is 9.73 Å². The summed E-state index contributed by atoms with van der Waals surface area (Å²) in [5.74, 6) is 1.22. The minimum atomic E-state index is -3.03. The predicted octanol–water partition coefficient (Wildman–Crippen LogP) is 3.10. The molecule has 9 heteroatoms. The summed E-state index contributed by atoms with van der Waals surface area (Å²) in [7, 11) is -3.03. The van der Waals surface area contributed by atoms with E-state index in [1.54, 1.807) is 12.1 Å². The number of hydrogen-bond donors (Lipinski definition) is 1. The van der Waals surface area contributed by atoms with Gasteiger partial charge in [0.05, 0.1) is 11.4 Å². The Labute approximate surface area is 157 Å². The quantitative estimate of drug-likeness (QED) is 0.715. The number of fused-ring (bicyclic) bond motifs is 1. The highest BCUT2D eigenvalue weighted by atomic mass is 35.5. The van der Waals surface area contributed by atoms with Crippen LogP contribution in [-0.4, -0.2) is 46.8 Å². The SMILES string of the molecule is CC(C)(C)c1nn2nc(-c3ccc(OCCS(C)(=O)=O)cc3)[nH]c2c1Cl. The highest BCUT2D eigenvalue weighted by Crippen LogP contribution is 2.31. The van der Waals surface area contributed by atoms with E-state index in [-0.39, 0.29) is 17.8 Å². The number of nitrogens with zero attached hydrogens (tertiary/aromatic N) is 3. The van der Waals surface area contributed by atoms with Gasteiger partial charge < -0.3 is 9.72 Å². The van der Waals surface area contributed by atoms with Gasteiger partial charge in [0.2, 0.25) is 0 Å². The van der Waals surface area contributed by atoms with Gasteiger partial charge in [-0.1, -0.05) is 32.4 Å². The normalized spacial score (nSPS) is 12.7. The number of aromatic nitrogens is 4. The zero-order valence-electron chi connectivity index (χ0n) is 15.1. The summed E-state index contributed by atoms with van der Waals surface area (Å²) < 4.78 is 29.2. The first kappa shape index (κ1) is 18.7. The molecule has 0 saturated heterocycles. The van der Waals surface area contributed by atoms with Gasteiger partial charge in [0.1, 0.15) is 17.4 Å². The molecule has 2 aromatic heterocycles. The van der Waals surface area contributed by atoms with Gasteiger partial charge in [0.25, 0.3) is 0 Å². The van der Waals surface area contributed by atoms with Crippen LogP contribution in [0.2, 0.25) is 5.02 Å². The fraction of sp³-hybridized carbons (Fsp3) is 0.412. The third-order valence-corrected chi connectivity index (χ3v) is 5.07. The fourth-order valence-electron chi connectivity index (χ4n) is 2.43. The molecule has 0 aliphatic carbocycles. The first-order chi connectivity index (χ1) is 12.0. The third kappa shape index (κ3) is 4.02. The van der Waals surface area contributed by atoms with Gasteiger partial charge in [0.15, 0.2) is 21.3 Å². The van der Waals surface area contributed by atoms with Crippen LogP contribution in [0, 0.1) is 0 Å². The van der Waals surface area contributed by atoms with Crippen molar-refractivity contribution < 1.29 is 13.2 Å². The summed E-state index contributed by atoms with van der Waals surface area (Å²) >= 11 is 6.44. The summed E-state index contributed by atoms with van der Waals surface area (Å²) in [5.41, 5.74) is 2.12. The highest BCUT2D eigenvalue weighted by molar-refractivity contribution is 7.90. The highest BCUT2D eigenvalue weighted by Gasteiger charge is 2.25. The van der Waals surface area contributed by atoms with Gasteiger partial charge in [-0.3, -0.25) is 0 Å². The molecular formula is C17H21ClN4O3S. The van der Waals surface area contributed by atoms with Gasteiger partial charge in [-0.25, -0.2) is 8.42 Å². The molecule has 0 amide bonds. The molecule has 3 aromatic rings. The Morgan fingerprint density at radius 3 is 2.38 bits per heavy atom. The molecule has 0 fully saturated rings. The molecule has 7 nitrogen and oxygen atoms in total. The molecule has 0 atom stereocenters. The van der Waals surface area contributed by atoms with Gasteiger partial charge in [-0.2, -0.15) is 5.10 Å². The standard InChI is InChI=1S/C17H21ClN4O3S/c1-17(2,3)14-13(18)16-19-15(21-22(16)20-14)11-5-7-12(8-6-11)25-9-10-26(4,23)24/h5-8H,9-10H2,1-4H3,(H,19,21). The van der Waals surface area contributed by atoms with Crippen molar-refractivity contribution >= 4 is 27.1 Å². The largest absolute Gasteiger partial charge is 0.493 e. The van der Waals surface area contributed by atoms with E-state index in [1.807, 2.05) is 32.9 Å². The van der Waals surface area contributed by atoms with E-state index >= 15 is 0 Å². The molecule has 3 rings (SSSR count). The minimum absolute atomic E-state index is 0.0151. The number of halogens is 1. The maximum Gasteiger partial charge on any atom is 0.175 e. The van der Waals surface area contributed by atoms with Crippen molar-refractivity contribution in [3.05, 3.63) is 35.0 Å². The zero-order chi connectivity index (χ0) is 19.1. The van der Waals surface area contributed by atoms with Crippen LogP contribution in [0.1, 0.15) is 26.5 Å². The Kier molecular flexibility index (Phi) is 4.74. The van der Waals surface area contributed by atoms with Crippen LogP contribution in [0.3, 0.4) is 0 Å². The average molecular weight is 397 g/mol. The van der Waals surface area contributed by atoms with Crippen molar-refractivity contribution in [3.63, 3.8) is 0 Å². The molecule has 0 saturated carbocycles. The smallest absolute Gasteiger partial charge is 0.175 e. The number of ether oxygens (including phenoxy) is 1. The van der Waals surface area contributed by atoms with Crippen molar-refractivity contribution in [1.82, 2.24) is 19.8 Å². The molecular weight excluding hydrogens is 376 g/mol. The second-order valence-electron chi connectivity index (χ2n) is 7.23. The van der Waals surface area contributed by atoms with Crippen LogP contribution < -0.4 is 4.74 Å². The van der Waals surface area contributed by atoms with Crippen molar-refractivity contribution in [2.24, 2.45) is 0 Å². The van der Waals surface area contributed by atoms with Crippen LogP contribution in [-0.2, 0) is 15.3 Å². The lowest BCUT2D eigenvalue weighted by Gasteiger charge is -2.14. The Hall–Kier alpha value is -2.06. The van der Waals surface area contributed by atoms with E-state index in [4.69, 9.17) is 16.3 Å². The van der Waals surface area contributed by atoms with E-state index in [0.29, 0.717) is 22.2 Å². The van der Waals surface area contributed by atoms with Gasteiger partial charge in [-0.05, 0) is 24.3 Å². The van der Waals surface area contributed by atoms with Crippen LogP contribution in [0.4, 0.5) is 0 Å². The van der Waals surface area contributed by atoms with Crippen molar-refractivity contribution in [1.29, 1.82) is 0 Å². The number of rotatable bonds is 5. The fourth-order valence-corrected chi connectivity index (χ4v) is 3.26. The Balaban J connectivity index is 1.79. The molecule has 0 bridgehead atoms. The summed E-state index contributed by atoms with van der Waals surface area (Å²) in [6, 6.07) is 7.22. The third-order valence-electron chi connectivity index (χ3n) is 3.80. The van der Waals surface area contributed by atoms with Crippen molar-refractivity contribution in [2.75, 3.05) is 18.6 Å². The van der Waals surface area contributed by atoms with E-state index in [1.165, 1.54) is 10.9 Å². The number of nitrogens with one attached hydrogen (secondary N) is 1. The van der Waals surface area contributed by atoms with Crippen LogP contribution in [0.5, 0.6) is 5.75 Å². The molecule has 0 aliphatic heterocycles. The monoisotopic (exact) mass is 396 g/mol. The molecule has 0 aliphatic rings. The summed E-state index contributed by atoms with van der Waals surface area (Å²) in [6.07, 6.45) is 1.18. The van der Waals surface area contributed by atoms with Crippen LogP contribution in [0.15, 0.2) is 24.3 Å². The first-order valence-electron chi connectivity index (χ1n) is 8.10. The lowest BCUT2D eigenvalue weighted by atomic mass is 9.92. The van der Waals surface area contributed by atoms with E-state index in [9.17, 15) is 8.42 Å². The minimum Gasteiger partial charge on any atom is -0.493 e. The lowest BCUT2D eigenvalue weighted by molar-refractivity contribution is 0.341. The molecule has 1 aromatic carbocycles. The summed E-state index contributed by atoms with van der Waals surface area (Å²) in [6.45, 7) is 6.26. The Morgan fingerprint density at radius 2 is 1.85 bits per heavy atom. The Bertz CT molecular complexity index is 1030. The molecule has 26 heavy (non-hydrogen) atoms. The van der Waals surface area contributed by atoms with Crippen LogP contribution >= 0.6 is 11.6 Å². The number of benzene rings is 1. The second-order valence-corrected chi connectivity index (χ2v) is 9.86. The number of hydrogen-bond acceptors (Lipinski definition) is 5. The first-order valence-corrected chi connectivity index (χ1v) is 10.5. The Morgan fingerprint density at radius 1 is 1.19 bits per heavy atom. The molecule has 0 radical (unpaired) electrons. The van der Waals surface area contributed by atoms with E-state index in [2.05, 4.69) is 15.2 Å². The molecule has 0 unspecified atom stereocenters. The predicted molar refractivity (Wildman–Crippen MR) is 102 cm³/mol. The van der Waals surface area contributed by atoms with E-state index < -0.39 is 9.84 Å². The second kappa shape index (κ2) is 6.59. The van der Waals surface area contributed by atoms with Gasteiger partial charge >= 0.3 is 0 Å². The van der Waals surface area contributed by atoms with E-state index in [0.717, 1.165) is 11.3 Å². The number of sulfone groups is 1. The summed E-state index contributed by atoms with van der Waals surface area (Å²) in [5, 5.41) is 9.49. The zero-order valence-corrected chi connectivity index (χ0v) is 16.6. The van der Waals surface area contributed by atoms with Crippen molar-refractivity contribution in [3.8, 4) is 17.1 Å². The maximum absolute atomic E-state index is 11.1. The maximum atomic E-state index is 11.1. The average Bonchev–Trinajstić information content (AvgIpc) is 3.06. The summed E-state index contributed by atoms with van der Waals surface area (Å²) in [4.78, 5) is 3.19. The number of aromatic amines is 1. The van der Waals surface area contributed by atoms with Crippen LogP contribution in [0.25, 0.3) is 17.0 Å². The molecule has 2 heterocycles. The molecule has 140 valence electrons. The number of H-pyrrole nitrogens is 1. The topological polar surface area (TPSA) is 89.3 Å². The molecule has 0 spiro atoms. The van der Waals surface area contributed by atoms with Crippen molar-refractivity contribution in [2.45, 2.75) is 26.2 Å². The molecule has 1 N–H and O–H groups in total. The van der Waals surface area contributed by atoms with Gasteiger partial charge in [0, 0.05) is 17.2 Å².